The second-order valence-corrected chi connectivity index (χ2v) is 4.22. The summed E-state index contributed by atoms with van der Waals surface area (Å²) in [6.45, 7) is 3.86. The average molecular weight is 226 g/mol. The molecule has 1 heterocycles. The SMILES string of the molecule is CCCCCCOC(=O)CN1C=CN(C)C1. The van der Waals surface area contributed by atoms with Crippen LogP contribution in [0.15, 0.2) is 12.4 Å². The summed E-state index contributed by atoms with van der Waals surface area (Å²) < 4.78 is 5.15. The zero-order chi connectivity index (χ0) is 11.8. The summed E-state index contributed by atoms with van der Waals surface area (Å²) >= 11 is 0. The summed E-state index contributed by atoms with van der Waals surface area (Å²) in [6, 6.07) is 0. The monoisotopic (exact) mass is 226 g/mol. The van der Waals surface area contributed by atoms with E-state index in [9.17, 15) is 4.79 Å². The van der Waals surface area contributed by atoms with Gasteiger partial charge < -0.3 is 14.5 Å². The van der Waals surface area contributed by atoms with Crippen LogP contribution in [0.4, 0.5) is 0 Å². The molecule has 0 amide bonds. The van der Waals surface area contributed by atoms with E-state index in [1.807, 2.05) is 29.2 Å². The fourth-order valence-electron chi connectivity index (χ4n) is 1.62. The molecule has 0 aromatic carbocycles. The summed E-state index contributed by atoms with van der Waals surface area (Å²) in [5.74, 6) is -0.128. The molecule has 0 fully saturated rings. The summed E-state index contributed by atoms with van der Waals surface area (Å²) in [5.41, 5.74) is 0. The number of carbonyl (C=O) groups is 1. The van der Waals surface area contributed by atoms with E-state index >= 15 is 0 Å². The fourth-order valence-corrected chi connectivity index (χ4v) is 1.62. The lowest BCUT2D eigenvalue weighted by atomic mass is 10.2. The van der Waals surface area contributed by atoms with Crippen molar-refractivity contribution in [3.63, 3.8) is 0 Å². The number of carbonyl (C=O) groups excluding carboxylic acids is 1. The molecule has 0 aliphatic carbocycles. The van der Waals surface area contributed by atoms with Crippen molar-refractivity contribution in [2.45, 2.75) is 32.6 Å². The molecule has 0 saturated heterocycles. The minimum Gasteiger partial charge on any atom is -0.464 e. The predicted octanol–water partition coefficient (Wildman–Crippen LogP) is 1.79. The molecule has 0 radical (unpaired) electrons. The minimum absolute atomic E-state index is 0.128. The van der Waals surface area contributed by atoms with Crippen LogP contribution >= 0.6 is 0 Å². The van der Waals surface area contributed by atoms with Crippen molar-refractivity contribution in [2.24, 2.45) is 0 Å². The van der Waals surface area contributed by atoms with Crippen LogP contribution in [0.2, 0.25) is 0 Å². The second kappa shape index (κ2) is 7.14. The van der Waals surface area contributed by atoms with Gasteiger partial charge in [0, 0.05) is 19.4 Å². The lowest BCUT2D eigenvalue weighted by Crippen LogP contribution is -2.29. The number of unbranched alkanes of at least 4 members (excludes halogenated alkanes) is 3. The van der Waals surface area contributed by atoms with E-state index in [2.05, 4.69) is 6.92 Å². The molecule has 0 saturated carbocycles. The molecule has 1 aliphatic heterocycles. The highest BCUT2D eigenvalue weighted by molar-refractivity contribution is 5.71. The molecule has 0 aromatic rings. The van der Waals surface area contributed by atoms with Gasteiger partial charge in [-0.1, -0.05) is 26.2 Å². The Labute approximate surface area is 97.9 Å². The lowest BCUT2D eigenvalue weighted by molar-refractivity contribution is -0.144. The van der Waals surface area contributed by atoms with Gasteiger partial charge in [0.15, 0.2) is 0 Å². The molecule has 16 heavy (non-hydrogen) atoms. The first-order valence-corrected chi connectivity index (χ1v) is 6.00. The van der Waals surface area contributed by atoms with Crippen LogP contribution < -0.4 is 0 Å². The maximum Gasteiger partial charge on any atom is 0.325 e. The smallest absolute Gasteiger partial charge is 0.325 e. The predicted molar refractivity (Wildman–Crippen MR) is 63.6 cm³/mol. The van der Waals surface area contributed by atoms with Crippen LogP contribution in [-0.4, -0.2) is 42.6 Å². The van der Waals surface area contributed by atoms with E-state index < -0.39 is 0 Å². The van der Waals surface area contributed by atoms with Crippen LogP contribution in [0.1, 0.15) is 32.6 Å². The molecule has 4 heteroatoms. The normalized spacial score (nSPS) is 14.6. The number of nitrogens with zero attached hydrogens (tertiary/aromatic N) is 2. The Morgan fingerprint density at radius 1 is 1.31 bits per heavy atom. The molecule has 1 rings (SSSR count). The number of rotatable bonds is 7. The third-order valence-corrected chi connectivity index (χ3v) is 2.53. The highest BCUT2D eigenvalue weighted by Crippen LogP contribution is 2.04. The molecule has 0 spiro atoms. The Morgan fingerprint density at radius 3 is 2.75 bits per heavy atom. The number of hydrogen-bond donors (Lipinski definition) is 0. The quantitative estimate of drug-likeness (QED) is 0.489. The van der Waals surface area contributed by atoms with Crippen LogP contribution in [-0.2, 0) is 9.53 Å². The lowest BCUT2D eigenvalue weighted by Gasteiger charge is -2.16. The van der Waals surface area contributed by atoms with Crippen molar-refractivity contribution in [3.05, 3.63) is 12.4 Å². The van der Waals surface area contributed by atoms with Crippen LogP contribution in [0, 0.1) is 0 Å². The van der Waals surface area contributed by atoms with Gasteiger partial charge in [-0.3, -0.25) is 4.79 Å². The van der Waals surface area contributed by atoms with Crippen molar-refractivity contribution < 1.29 is 9.53 Å². The Balaban J connectivity index is 2.01. The first kappa shape index (κ1) is 12.9. The van der Waals surface area contributed by atoms with Crippen molar-refractivity contribution in [1.82, 2.24) is 9.80 Å². The number of hydrogen-bond acceptors (Lipinski definition) is 4. The molecule has 0 bridgehead atoms. The first-order valence-electron chi connectivity index (χ1n) is 6.00. The van der Waals surface area contributed by atoms with E-state index in [-0.39, 0.29) is 5.97 Å². The topological polar surface area (TPSA) is 32.8 Å². The van der Waals surface area contributed by atoms with Crippen LogP contribution in [0.3, 0.4) is 0 Å². The zero-order valence-electron chi connectivity index (χ0n) is 10.3. The molecular formula is C12H22N2O2. The maximum atomic E-state index is 11.4. The van der Waals surface area contributed by atoms with E-state index in [4.69, 9.17) is 4.74 Å². The summed E-state index contributed by atoms with van der Waals surface area (Å²) in [6.07, 6.45) is 8.42. The van der Waals surface area contributed by atoms with Crippen molar-refractivity contribution in [1.29, 1.82) is 0 Å². The Kier molecular flexibility index (Phi) is 5.75. The third kappa shape index (κ3) is 5.05. The molecule has 92 valence electrons. The standard InChI is InChI=1S/C12H22N2O2/c1-3-4-5-6-9-16-12(15)10-14-8-7-13(2)11-14/h7-8H,3-6,9-11H2,1-2H3. The average Bonchev–Trinajstić information content (AvgIpc) is 2.63. The van der Waals surface area contributed by atoms with E-state index in [0.29, 0.717) is 13.2 Å². The van der Waals surface area contributed by atoms with E-state index in [1.165, 1.54) is 12.8 Å². The number of ether oxygens (including phenoxy) is 1. The van der Waals surface area contributed by atoms with Crippen molar-refractivity contribution in [2.75, 3.05) is 26.9 Å². The van der Waals surface area contributed by atoms with Gasteiger partial charge in [0.25, 0.3) is 0 Å². The van der Waals surface area contributed by atoms with Crippen LogP contribution in [0.5, 0.6) is 0 Å². The van der Waals surface area contributed by atoms with Gasteiger partial charge in [0.05, 0.1) is 13.3 Å². The van der Waals surface area contributed by atoms with Gasteiger partial charge in [-0.15, -0.1) is 0 Å². The molecule has 0 N–H and O–H groups in total. The largest absolute Gasteiger partial charge is 0.464 e. The number of esters is 1. The van der Waals surface area contributed by atoms with Crippen LogP contribution in [0.25, 0.3) is 0 Å². The fraction of sp³-hybridized carbons (Fsp3) is 0.750. The molecule has 1 aliphatic rings. The molecule has 0 atom stereocenters. The Hall–Kier alpha value is -1.19. The Bertz CT molecular complexity index is 241. The van der Waals surface area contributed by atoms with Gasteiger partial charge in [0.2, 0.25) is 0 Å². The summed E-state index contributed by atoms with van der Waals surface area (Å²) in [7, 11) is 1.98. The van der Waals surface area contributed by atoms with Crippen molar-refractivity contribution in [3.8, 4) is 0 Å². The zero-order valence-corrected chi connectivity index (χ0v) is 10.3. The van der Waals surface area contributed by atoms with Gasteiger partial charge in [-0.05, 0) is 6.42 Å². The molecule has 0 unspecified atom stereocenters. The molecule has 0 aromatic heterocycles. The van der Waals surface area contributed by atoms with E-state index in [1.54, 1.807) is 0 Å². The minimum atomic E-state index is -0.128. The highest BCUT2D eigenvalue weighted by Gasteiger charge is 2.12. The molecule has 4 nitrogen and oxygen atoms in total. The molecular weight excluding hydrogens is 204 g/mol. The first-order chi connectivity index (χ1) is 7.72. The van der Waals surface area contributed by atoms with Gasteiger partial charge in [-0.2, -0.15) is 0 Å². The van der Waals surface area contributed by atoms with Gasteiger partial charge in [-0.25, -0.2) is 0 Å². The highest BCUT2D eigenvalue weighted by atomic mass is 16.5. The second-order valence-electron chi connectivity index (χ2n) is 4.22. The van der Waals surface area contributed by atoms with Gasteiger partial charge in [0.1, 0.15) is 6.54 Å². The Morgan fingerprint density at radius 2 is 2.12 bits per heavy atom. The van der Waals surface area contributed by atoms with E-state index in [0.717, 1.165) is 19.5 Å². The summed E-state index contributed by atoms with van der Waals surface area (Å²) in [4.78, 5) is 15.4. The van der Waals surface area contributed by atoms with Gasteiger partial charge >= 0.3 is 5.97 Å². The maximum absolute atomic E-state index is 11.4. The van der Waals surface area contributed by atoms with Crippen molar-refractivity contribution >= 4 is 5.97 Å². The summed E-state index contributed by atoms with van der Waals surface area (Å²) in [5, 5.41) is 0. The third-order valence-electron chi connectivity index (χ3n) is 2.53.